The Labute approximate surface area is 178 Å². The Morgan fingerprint density at radius 2 is 1.90 bits per heavy atom. The first-order valence-corrected chi connectivity index (χ1v) is 10.1. The number of aromatic nitrogens is 1. The van der Waals surface area contributed by atoms with Gasteiger partial charge in [-0.1, -0.05) is 12.1 Å². The summed E-state index contributed by atoms with van der Waals surface area (Å²) in [4.78, 5) is 15.8. The van der Waals surface area contributed by atoms with Gasteiger partial charge in [0, 0.05) is 16.5 Å². The number of aromatic carboxylic acids is 1. The largest absolute Gasteiger partial charge is 0.478 e. The predicted molar refractivity (Wildman–Crippen MR) is 109 cm³/mol. The zero-order valence-corrected chi connectivity index (χ0v) is 16.6. The van der Waals surface area contributed by atoms with E-state index in [0.29, 0.717) is 16.4 Å². The van der Waals surface area contributed by atoms with Crippen molar-refractivity contribution in [2.45, 2.75) is 25.1 Å². The SMILES string of the molecule is O=C(O)c1cc(F)ccc1/C=N/N(c1nc(-c2ccc(C(F)(F)F)cc2)cs1)C1CC1. The van der Waals surface area contributed by atoms with Crippen molar-refractivity contribution in [1.82, 2.24) is 4.98 Å². The second-order valence-corrected chi connectivity index (χ2v) is 7.78. The molecule has 0 bridgehead atoms. The van der Waals surface area contributed by atoms with E-state index in [1.807, 2.05) is 0 Å². The summed E-state index contributed by atoms with van der Waals surface area (Å²) >= 11 is 1.28. The van der Waals surface area contributed by atoms with Crippen molar-refractivity contribution in [1.29, 1.82) is 0 Å². The van der Waals surface area contributed by atoms with E-state index in [9.17, 15) is 27.5 Å². The van der Waals surface area contributed by atoms with Crippen molar-refractivity contribution < 1.29 is 27.5 Å². The predicted octanol–water partition coefficient (Wildman–Crippen LogP) is 5.67. The number of carboxylic acid groups (broad SMARTS) is 1. The van der Waals surface area contributed by atoms with Gasteiger partial charge in [-0.3, -0.25) is 0 Å². The maximum Gasteiger partial charge on any atom is 0.416 e. The Morgan fingerprint density at radius 3 is 2.52 bits per heavy atom. The molecule has 0 radical (unpaired) electrons. The molecule has 4 rings (SSSR count). The van der Waals surface area contributed by atoms with Crippen LogP contribution in [0.25, 0.3) is 11.3 Å². The fourth-order valence-electron chi connectivity index (χ4n) is 2.90. The lowest BCUT2D eigenvalue weighted by atomic mass is 10.1. The topological polar surface area (TPSA) is 65.8 Å². The van der Waals surface area contributed by atoms with Crippen molar-refractivity contribution in [2.24, 2.45) is 5.10 Å². The van der Waals surface area contributed by atoms with E-state index in [1.54, 1.807) is 10.4 Å². The van der Waals surface area contributed by atoms with Gasteiger partial charge < -0.3 is 5.11 Å². The highest BCUT2D eigenvalue weighted by atomic mass is 32.1. The minimum atomic E-state index is -4.40. The first-order chi connectivity index (χ1) is 14.7. The monoisotopic (exact) mass is 449 g/mol. The maximum absolute atomic E-state index is 13.4. The number of hydrogen-bond donors (Lipinski definition) is 1. The van der Waals surface area contributed by atoms with Crippen molar-refractivity contribution in [2.75, 3.05) is 5.01 Å². The average molecular weight is 449 g/mol. The summed E-state index contributed by atoms with van der Waals surface area (Å²) in [5.74, 6) is -1.92. The normalized spacial score (nSPS) is 14.2. The quantitative estimate of drug-likeness (QED) is 0.299. The van der Waals surface area contributed by atoms with Crippen LogP contribution in [0.15, 0.2) is 52.9 Å². The van der Waals surface area contributed by atoms with Crippen LogP contribution in [0.2, 0.25) is 0 Å². The summed E-state index contributed by atoms with van der Waals surface area (Å²) in [6, 6.07) is 8.26. The van der Waals surface area contributed by atoms with Crippen LogP contribution in [0.4, 0.5) is 22.7 Å². The Bertz CT molecular complexity index is 1140. The fourth-order valence-corrected chi connectivity index (χ4v) is 3.76. The molecule has 3 aromatic rings. The van der Waals surface area contributed by atoms with E-state index >= 15 is 0 Å². The van der Waals surface area contributed by atoms with Crippen LogP contribution in [-0.4, -0.2) is 28.3 Å². The molecule has 1 N–H and O–H groups in total. The standard InChI is InChI=1S/C21H15F4N3O2S/c22-15-6-3-13(17(9-15)19(29)30)10-26-28(16-7-8-16)20-27-18(11-31-20)12-1-4-14(5-2-12)21(23,24)25/h1-6,9-11,16H,7-8H2,(H,29,30)/b26-10+. The smallest absolute Gasteiger partial charge is 0.416 e. The third-order valence-corrected chi connectivity index (χ3v) is 5.49. The zero-order valence-electron chi connectivity index (χ0n) is 15.8. The molecule has 0 unspecified atom stereocenters. The van der Waals surface area contributed by atoms with Crippen LogP contribution in [0.3, 0.4) is 0 Å². The molecule has 1 fully saturated rings. The van der Waals surface area contributed by atoms with Crippen LogP contribution in [-0.2, 0) is 6.18 Å². The Hall–Kier alpha value is -3.27. The number of halogens is 4. The molecule has 0 aliphatic heterocycles. The number of carboxylic acids is 1. The number of thiazole rings is 1. The highest BCUT2D eigenvalue weighted by Gasteiger charge is 2.32. The lowest BCUT2D eigenvalue weighted by molar-refractivity contribution is -0.137. The molecule has 0 spiro atoms. The highest BCUT2D eigenvalue weighted by molar-refractivity contribution is 7.14. The third-order valence-electron chi connectivity index (χ3n) is 4.66. The first kappa shape index (κ1) is 21.0. The molecule has 31 heavy (non-hydrogen) atoms. The van der Waals surface area contributed by atoms with Crippen molar-refractivity contribution in [3.8, 4) is 11.3 Å². The number of nitrogens with zero attached hydrogens (tertiary/aromatic N) is 3. The fraction of sp³-hybridized carbons (Fsp3) is 0.190. The Kier molecular flexibility index (Phi) is 5.48. The van der Waals surface area contributed by atoms with Gasteiger partial charge in [-0.2, -0.15) is 18.3 Å². The molecular weight excluding hydrogens is 434 g/mol. The molecular formula is C21H15F4N3O2S. The average Bonchev–Trinajstić information content (AvgIpc) is 3.44. The van der Waals surface area contributed by atoms with Gasteiger partial charge in [0.05, 0.1) is 29.1 Å². The zero-order chi connectivity index (χ0) is 22.2. The Balaban J connectivity index is 1.59. The summed E-state index contributed by atoms with van der Waals surface area (Å²) in [5.41, 5.74) is 0.372. The molecule has 0 atom stereocenters. The van der Waals surface area contributed by atoms with E-state index < -0.39 is 23.5 Å². The Morgan fingerprint density at radius 1 is 1.19 bits per heavy atom. The molecule has 10 heteroatoms. The van der Waals surface area contributed by atoms with Crippen molar-refractivity contribution >= 4 is 28.7 Å². The van der Waals surface area contributed by atoms with Gasteiger partial charge in [0.2, 0.25) is 5.13 Å². The van der Waals surface area contributed by atoms with Gasteiger partial charge in [0.25, 0.3) is 0 Å². The second-order valence-electron chi connectivity index (χ2n) is 6.95. The van der Waals surface area contributed by atoms with Gasteiger partial charge in [-0.25, -0.2) is 19.2 Å². The van der Waals surface area contributed by atoms with E-state index in [0.717, 1.165) is 37.1 Å². The number of carbonyl (C=O) groups is 1. The summed E-state index contributed by atoms with van der Waals surface area (Å²) in [6.07, 6.45) is -1.30. The van der Waals surface area contributed by atoms with Gasteiger partial charge in [-0.15, -0.1) is 11.3 Å². The highest BCUT2D eigenvalue weighted by Crippen LogP contribution is 2.36. The second kappa shape index (κ2) is 8.10. The summed E-state index contributed by atoms with van der Waals surface area (Å²) < 4.78 is 51.7. The van der Waals surface area contributed by atoms with Crippen LogP contribution < -0.4 is 5.01 Å². The summed E-state index contributed by atoms with van der Waals surface area (Å²) in [7, 11) is 0. The van der Waals surface area contributed by atoms with Gasteiger partial charge >= 0.3 is 12.1 Å². The number of anilines is 1. The van der Waals surface area contributed by atoms with Crippen molar-refractivity contribution in [3.63, 3.8) is 0 Å². The molecule has 1 aliphatic rings. The number of hydrazone groups is 1. The molecule has 1 saturated carbocycles. The van der Waals surface area contributed by atoms with Crippen LogP contribution in [0, 0.1) is 5.82 Å². The van der Waals surface area contributed by atoms with Crippen LogP contribution in [0.5, 0.6) is 0 Å². The van der Waals surface area contributed by atoms with E-state index in [-0.39, 0.29) is 17.2 Å². The molecule has 0 saturated heterocycles. The lowest BCUT2D eigenvalue weighted by Gasteiger charge is -2.14. The van der Waals surface area contributed by atoms with Gasteiger partial charge in [0.15, 0.2) is 0 Å². The van der Waals surface area contributed by atoms with E-state index in [1.165, 1.54) is 35.8 Å². The molecule has 0 amide bonds. The van der Waals surface area contributed by atoms with Crippen LogP contribution >= 0.6 is 11.3 Å². The maximum atomic E-state index is 13.4. The van der Waals surface area contributed by atoms with E-state index in [2.05, 4.69) is 10.1 Å². The number of rotatable bonds is 6. The molecule has 2 aromatic carbocycles. The number of hydrogen-bond acceptors (Lipinski definition) is 5. The minimum Gasteiger partial charge on any atom is -0.478 e. The van der Waals surface area contributed by atoms with E-state index in [4.69, 9.17) is 0 Å². The molecule has 160 valence electrons. The van der Waals surface area contributed by atoms with Gasteiger partial charge in [0.1, 0.15) is 5.82 Å². The number of benzene rings is 2. The molecule has 1 aliphatic carbocycles. The number of alkyl halides is 3. The summed E-state index contributed by atoms with van der Waals surface area (Å²) in [6.45, 7) is 0. The summed E-state index contributed by atoms with van der Waals surface area (Å²) in [5, 5.41) is 17.6. The molecule has 5 nitrogen and oxygen atoms in total. The minimum absolute atomic E-state index is 0.0941. The van der Waals surface area contributed by atoms with Gasteiger partial charge in [-0.05, 0) is 43.2 Å². The third kappa shape index (κ3) is 4.74. The lowest BCUT2D eigenvalue weighted by Crippen LogP contribution is -2.19. The molecule has 1 aromatic heterocycles. The van der Waals surface area contributed by atoms with Crippen molar-refractivity contribution in [3.05, 3.63) is 70.4 Å². The first-order valence-electron chi connectivity index (χ1n) is 9.21. The van der Waals surface area contributed by atoms with Crippen LogP contribution in [0.1, 0.15) is 34.3 Å². The molecule has 1 heterocycles.